The monoisotopic (exact) mass is 853 g/mol. The summed E-state index contributed by atoms with van der Waals surface area (Å²) in [4.78, 5) is 2.54. The first-order valence-electron chi connectivity index (χ1n) is 23.6. The van der Waals surface area contributed by atoms with Crippen molar-refractivity contribution in [3.05, 3.63) is 235 Å². The molecule has 0 radical (unpaired) electrons. The highest BCUT2D eigenvalue weighted by molar-refractivity contribution is 6.26. The molecule has 0 unspecified atom stereocenters. The minimum Gasteiger partial charge on any atom is -0.310 e. The molecule has 11 aromatic carbocycles. The van der Waals surface area contributed by atoms with Crippen LogP contribution in [-0.2, 0) is 11.8 Å². The molecule has 0 fully saturated rings. The van der Waals surface area contributed by atoms with E-state index in [1.165, 1.54) is 121 Å². The fraction of sp³-hybridized carbons (Fsp3) is 0.0625. The van der Waals surface area contributed by atoms with E-state index in [1.54, 1.807) is 0 Å². The molecule has 3 heterocycles. The van der Waals surface area contributed by atoms with E-state index in [2.05, 4.69) is 240 Å². The molecular formula is C64H43N3. The Kier molecular flexibility index (Phi) is 7.35. The molecule has 3 heteroatoms. The van der Waals surface area contributed by atoms with Crippen molar-refractivity contribution >= 4 is 93.0 Å². The highest BCUT2D eigenvalue weighted by Crippen LogP contribution is 2.55. The third-order valence-corrected chi connectivity index (χ3v) is 15.4. The average molecular weight is 854 g/mol. The Balaban J connectivity index is 0.939. The number of hydrogen-bond acceptors (Lipinski definition) is 1. The molecule has 13 aromatic rings. The summed E-state index contributed by atoms with van der Waals surface area (Å²) in [6.07, 6.45) is 0.879. The first-order valence-corrected chi connectivity index (χ1v) is 23.6. The highest BCUT2D eigenvalue weighted by atomic mass is 15.2. The second kappa shape index (κ2) is 13.3. The van der Waals surface area contributed by atoms with Gasteiger partial charge in [-0.3, -0.25) is 0 Å². The van der Waals surface area contributed by atoms with E-state index in [9.17, 15) is 0 Å². The van der Waals surface area contributed by atoms with Crippen molar-refractivity contribution in [3.8, 4) is 22.5 Å². The van der Waals surface area contributed by atoms with E-state index in [0.717, 1.165) is 23.5 Å². The van der Waals surface area contributed by atoms with Crippen LogP contribution < -0.4 is 4.90 Å². The van der Waals surface area contributed by atoms with Crippen molar-refractivity contribution in [2.45, 2.75) is 25.7 Å². The zero-order valence-electron chi connectivity index (χ0n) is 37.3. The molecule has 0 bridgehead atoms. The van der Waals surface area contributed by atoms with Crippen molar-refractivity contribution in [2.75, 3.05) is 4.90 Å². The van der Waals surface area contributed by atoms with Crippen LogP contribution in [0.25, 0.3) is 98.4 Å². The summed E-state index contributed by atoms with van der Waals surface area (Å²) in [7, 11) is 0. The Hall–Kier alpha value is -8.40. The normalized spacial score (nSPS) is 13.9. The predicted molar refractivity (Wildman–Crippen MR) is 283 cm³/mol. The van der Waals surface area contributed by atoms with Gasteiger partial charge in [0.25, 0.3) is 0 Å². The van der Waals surface area contributed by atoms with Crippen LogP contribution in [-0.4, -0.2) is 9.13 Å². The van der Waals surface area contributed by atoms with Crippen LogP contribution in [0.1, 0.15) is 36.1 Å². The lowest BCUT2D eigenvalue weighted by Crippen LogP contribution is -2.21. The van der Waals surface area contributed by atoms with Gasteiger partial charge in [-0.15, -0.1) is 0 Å². The first-order chi connectivity index (χ1) is 33.0. The van der Waals surface area contributed by atoms with Crippen LogP contribution >= 0.6 is 0 Å². The van der Waals surface area contributed by atoms with Gasteiger partial charge in [-0.05, 0) is 151 Å². The quantitative estimate of drug-likeness (QED) is 0.161. The van der Waals surface area contributed by atoms with E-state index in [1.807, 2.05) is 0 Å². The lowest BCUT2D eigenvalue weighted by molar-refractivity contribution is 0.661. The van der Waals surface area contributed by atoms with Gasteiger partial charge in [0.15, 0.2) is 0 Å². The zero-order chi connectivity index (χ0) is 44.1. The molecule has 0 spiro atoms. The highest BCUT2D eigenvalue weighted by Gasteiger charge is 2.39. The molecule has 2 aliphatic rings. The van der Waals surface area contributed by atoms with E-state index >= 15 is 0 Å². The molecular weight excluding hydrogens is 811 g/mol. The van der Waals surface area contributed by atoms with Gasteiger partial charge in [0, 0.05) is 56.1 Å². The third kappa shape index (κ3) is 5.01. The molecule has 0 atom stereocenters. The Labute approximate surface area is 388 Å². The SMILES string of the molecule is CC1(C)c2cc3c(cc2-c2cc4c5ccccc5c5ccccc5c4cc21)Cc1ccccc1N3c1cccc(-n2c3ccccc3c3cc4c5ccccc5n(-c5ccccc5)c4cc32)c1. The molecule has 67 heavy (non-hydrogen) atoms. The Morgan fingerprint density at radius 3 is 1.51 bits per heavy atom. The van der Waals surface area contributed by atoms with Crippen molar-refractivity contribution < 1.29 is 0 Å². The van der Waals surface area contributed by atoms with Crippen LogP contribution in [0, 0.1) is 0 Å². The van der Waals surface area contributed by atoms with E-state index in [4.69, 9.17) is 0 Å². The number of fused-ring (bicyclic) bond motifs is 17. The number of benzene rings is 11. The maximum atomic E-state index is 2.54. The summed E-state index contributed by atoms with van der Waals surface area (Å²) < 4.78 is 4.91. The van der Waals surface area contributed by atoms with Crippen molar-refractivity contribution in [3.63, 3.8) is 0 Å². The molecule has 0 saturated heterocycles. The van der Waals surface area contributed by atoms with Gasteiger partial charge >= 0.3 is 0 Å². The molecule has 1 aliphatic carbocycles. The first kappa shape index (κ1) is 36.9. The van der Waals surface area contributed by atoms with Crippen molar-refractivity contribution in [2.24, 2.45) is 0 Å². The van der Waals surface area contributed by atoms with Crippen LogP contribution in [0.5, 0.6) is 0 Å². The lowest BCUT2D eigenvalue weighted by Gasteiger charge is -2.35. The van der Waals surface area contributed by atoms with E-state index in [0.29, 0.717) is 0 Å². The summed E-state index contributed by atoms with van der Waals surface area (Å²) in [5.74, 6) is 0. The number of aromatic nitrogens is 2. The molecule has 0 amide bonds. The summed E-state index contributed by atoms with van der Waals surface area (Å²) in [5.41, 5.74) is 18.7. The van der Waals surface area contributed by atoms with Gasteiger partial charge < -0.3 is 14.0 Å². The number of para-hydroxylation sites is 4. The minimum atomic E-state index is -0.207. The largest absolute Gasteiger partial charge is 0.310 e. The number of rotatable bonds is 3. The van der Waals surface area contributed by atoms with E-state index < -0.39 is 0 Å². The van der Waals surface area contributed by atoms with Crippen LogP contribution in [0.2, 0.25) is 0 Å². The Bertz CT molecular complexity index is 4280. The fourth-order valence-electron chi connectivity index (χ4n) is 12.4. The molecule has 3 nitrogen and oxygen atoms in total. The lowest BCUT2D eigenvalue weighted by atomic mass is 9.80. The molecule has 0 saturated carbocycles. The number of hydrogen-bond donors (Lipinski definition) is 0. The van der Waals surface area contributed by atoms with Crippen molar-refractivity contribution in [1.29, 1.82) is 0 Å². The standard InChI is InChI=1S/C64H43N3/c1-64(2)56-36-51-47-25-10-8-23-45(47)44-22-7-9-24-46(44)50(51)34-53(56)52-32-40-31-39-17-6-13-28-58(39)66(61(40)37-57(52)64)42-20-16-21-43(33-42)67-60-30-15-12-27-49(60)55-35-54-48-26-11-14-29-59(48)65(62(54)38-63(55)67)41-18-4-3-5-19-41/h3-30,32-38H,31H2,1-2H3. The maximum Gasteiger partial charge on any atom is 0.0562 e. The van der Waals surface area contributed by atoms with Crippen LogP contribution in [0.15, 0.2) is 212 Å². The second-order valence-corrected chi connectivity index (χ2v) is 19.3. The zero-order valence-corrected chi connectivity index (χ0v) is 37.3. The van der Waals surface area contributed by atoms with E-state index in [-0.39, 0.29) is 5.41 Å². The van der Waals surface area contributed by atoms with Gasteiger partial charge in [0.2, 0.25) is 0 Å². The van der Waals surface area contributed by atoms with Gasteiger partial charge in [0.1, 0.15) is 0 Å². The average Bonchev–Trinajstić information content (AvgIpc) is 3.95. The molecule has 1 aliphatic heterocycles. The van der Waals surface area contributed by atoms with Crippen LogP contribution in [0.3, 0.4) is 0 Å². The topological polar surface area (TPSA) is 13.1 Å². The Morgan fingerprint density at radius 1 is 0.313 bits per heavy atom. The number of anilines is 3. The summed E-state index contributed by atoms with van der Waals surface area (Å²) in [6.45, 7) is 4.86. The van der Waals surface area contributed by atoms with Gasteiger partial charge in [0.05, 0.1) is 27.8 Å². The second-order valence-electron chi connectivity index (χ2n) is 19.3. The third-order valence-electron chi connectivity index (χ3n) is 15.4. The summed E-state index contributed by atoms with van der Waals surface area (Å²) in [6, 6.07) is 79.6. The van der Waals surface area contributed by atoms with Gasteiger partial charge in [-0.1, -0.05) is 141 Å². The minimum absolute atomic E-state index is 0.207. The maximum absolute atomic E-state index is 2.54. The molecule has 2 aromatic heterocycles. The molecule has 15 rings (SSSR count). The fourth-order valence-corrected chi connectivity index (χ4v) is 12.4. The summed E-state index contributed by atoms with van der Waals surface area (Å²) >= 11 is 0. The number of nitrogens with zero attached hydrogens (tertiary/aromatic N) is 3. The smallest absolute Gasteiger partial charge is 0.0562 e. The Morgan fingerprint density at radius 2 is 0.821 bits per heavy atom. The predicted octanol–water partition coefficient (Wildman–Crippen LogP) is 17.0. The van der Waals surface area contributed by atoms with Gasteiger partial charge in [-0.25, -0.2) is 0 Å². The van der Waals surface area contributed by atoms with Gasteiger partial charge in [-0.2, -0.15) is 0 Å². The molecule has 0 N–H and O–H groups in total. The van der Waals surface area contributed by atoms with Crippen LogP contribution in [0.4, 0.5) is 17.1 Å². The van der Waals surface area contributed by atoms with Crippen molar-refractivity contribution in [1.82, 2.24) is 9.13 Å². The summed E-state index contributed by atoms with van der Waals surface area (Å²) in [5, 5.41) is 12.9. The molecule has 314 valence electrons.